The highest BCUT2D eigenvalue weighted by Crippen LogP contribution is 2.36. The molecule has 0 N–H and O–H groups in total. The molecule has 8 heteroatoms. The van der Waals surface area contributed by atoms with E-state index in [1.165, 1.54) is 11.3 Å². The fraction of sp³-hybridized carbons (Fsp3) is 0.421. The number of methoxy groups -OCH3 is 1. The fourth-order valence-electron chi connectivity index (χ4n) is 2.91. The minimum absolute atomic E-state index is 0.101. The van der Waals surface area contributed by atoms with Gasteiger partial charge in [-0.3, -0.25) is 14.4 Å². The number of likely N-dealkylation sites (N-methyl/N-ethyl adjacent to an activating group) is 1. The van der Waals surface area contributed by atoms with E-state index in [9.17, 15) is 4.79 Å². The molecule has 3 rings (SSSR count). The van der Waals surface area contributed by atoms with Crippen LogP contribution in [0.3, 0.4) is 0 Å². The van der Waals surface area contributed by atoms with Crippen LogP contribution in [0.15, 0.2) is 18.2 Å². The molecule has 0 aliphatic rings. The predicted octanol–water partition coefficient (Wildman–Crippen LogP) is 2.86. The average Bonchev–Trinajstić information content (AvgIpc) is 3.19. The first kappa shape index (κ1) is 19.3. The smallest absolute Gasteiger partial charge is 0.278 e. The minimum Gasteiger partial charge on any atom is -0.494 e. The summed E-state index contributed by atoms with van der Waals surface area (Å²) in [6.45, 7) is 5.19. The number of rotatable bonds is 6. The Balaban J connectivity index is 2.08. The predicted molar refractivity (Wildman–Crippen MR) is 109 cm³/mol. The Morgan fingerprint density at radius 1 is 1.26 bits per heavy atom. The number of anilines is 1. The van der Waals surface area contributed by atoms with Crippen LogP contribution in [0.5, 0.6) is 5.75 Å². The van der Waals surface area contributed by atoms with E-state index in [2.05, 4.69) is 5.10 Å². The van der Waals surface area contributed by atoms with Crippen LogP contribution in [0.25, 0.3) is 10.2 Å². The van der Waals surface area contributed by atoms with E-state index in [0.29, 0.717) is 17.4 Å². The Labute approximate surface area is 163 Å². The summed E-state index contributed by atoms with van der Waals surface area (Å²) in [4.78, 5) is 21.8. The second-order valence-corrected chi connectivity index (χ2v) is 7.79. The van der Waals surface area contributed by atoms with Crippen molar-refractivity contribution >= 4 is 32.6 Å². The Morgan fingerprint density at radius 2 is 2.00 bits per heavy atom. The third-order valence-corrected chi connectivity index (χ3v) is 5.59. The van der Waals surface area contributed by atoms with Gasteiger partial charge >= 0.3 is 0 Å². The van der Waals surface area contributed by atoms with Gasteiger partial charge in [-0.15, -0.1) is 0 Å². The molecule has 0 atom stereocenters. The number of hydrogen-bond acceptors (Lipinski definition) is 6. The van der Waals surface area contributed by atoms with Crippen LogP contribution in [0.1, 0.15) is 21.7 Å². The summed E-state index contributed by atoms with van der Waals surface area (Å²) in [7, 11) is 7.40. The molecule has 27 heavy (non-hydrogen) atoms. The zero-order chi connectivity index (χ0) is 19.7. The Morgan fingerprint density at radius 3 is 2.59 bits per heavy atom. The molecule has 0 spiro atoms. The van der Waals surface area contributed by atoms with Gasteiger partial charge in [0, 0.05) is 20.1 Å². The van der Waals surface area contributed by atoms with Crippen LogP contribution >= 0.6 is 11.3 Å². The van der Waals surface area contributed by atoms with Gasteiger partial charge in [0.15, 0.2) is 5.13 Å². The van der Waals surface area contributed by atoms with Gasteiger partial charge in [-0.25, -0.2) is 4.98 Å². The van der Waals surface area contributed by atoms with E-state index in [1.54, 1.807) is 23.7 Å². The van der Waals surface area contributed by atoms with Gasteiger partial charge in [0.1, 0.15) is 17.0 Å². The lowest BCUT2D eigenvalue weighted by Crippen LogP contribution is -2.37. The molecule has 0 saturated carbocycles. The van der Waals surface area contributed by atoms with Gasteiger partial charge in [0.2, 0.25) is 0 Å². The molecular weight excluding hydrogens is 362 g/mol. The lowest BCUT2D eigenvalue weighted by atomic mass is 10.2. The topological polar surface area (TPSA) is 63.5 Å². The Bertz CT molecular complexity index is 976. The molecule has 2 aromatic heterocycles. The number of nitrogens with zero attached hydrogens (tertiary/aromatic N) is 5. The number of hydrogen-bond donors (Lipinski definition) is 0. The van der Waals surface area contributed by atoms with E-state index in [-0.39, 0.29) is 5.91 Å². The number of ether oxygens (including phenoxy) is 1. The largest absolute Gasteiger partial charge is 0.494 e. The number of aryl methyl sites for hydroxylation is 3. The van der Waals surface area contributed by atoms with Crippen LogP contribution in [-0.2, 0) is 7.05 Å². The van der Waals surface area contributed by atoms with Crippen LogP contribution in [0.4, 0.5) is 5.13 Å². The number of amides is 1. The summed E-state index contributed by atoms with van der Waals surface area (Å²) < 4.78 is 8.12. The SMILES string of the molecule is COc1ccc(C)c2sc(N(CCN(C)C)C(=O)c3cc(C)nn3C)nc12. The molecular formula is C19H25N5O2S. The molecule has 0 unspecified atom stereocenters. The zero-order valence-corrected chi connectivity index (χ0v) is 17.4. The van der Waals surface area contributed by atoms with Gasteiger partial charge in [-0.2, -0.15) is 5.10 Å². The van der Waals surface area contributed by atoms with Crippen LogP contribution in [0.2, 0.25) is 0 Å². The molecule has 3 aromatic rings. The summed E-state index contributed by atoms with van der Waals surface area (Å²) in [5.41, 5.74) is 3.27. The third kappa shape index (κ3) is 3.81. The first-order chi connectivity index (χ1) is 12.8. The molecule has 0 radical (unpaired) electrons. The van der Waals surface area contributed by atoms with Crippen molar-refractivity contribution in [1.29, 1.82) is 0 Å². The lowest BCUT2D eigenvalue weighted by molar-refractivity contribution is 0.0976. The fourth-order valence-corrected chi connectivity index (χ4v) is 3.99. The van der Waals surface area contributed by atoms with Crippen LogP contribution < -0.4 is 9.64 Å². The quantitative estimate of drug-likeness (QED) is 0.651. The normalized spacial score (nSPS) is 11.4. The molecule has 0 aliphatic carbocycles. The van der Waals surface area contributed by atoms with E-state index in [4.69, 9.17) is 9.72 Å². The Kier molecular flexibility index (Phi) is 5.48. The van der Waals surface area contributed by atoms with Crippen molar-refractivity contribution in [1.82, 2.24) is 19.7 Å². The van der Waals surface area contributed by atoms with Crippen LogP contribution in [-0.4, -0.2) is 59.9 Å². The summed E-state index contributed by atoms with van der Waals surface area (Å²) in [5.74, 6) is 0.616. The van der Waals surface area contributed by atoms with Gasteiger partial charge in [0.05, 0.1) is 17.5 Å². The van der Waals surface area contributed by atoms with E-state index in [0.717, 1.165) is 33.8 Å². The van der Waals surface area contributed by atoms with Crippen molar-refractivity contribution in [2.75, 3.05) is 39.2 Å². The van der Waals surface area contributed by atoms with E-state index < -0.39 is 0 Å². The van der Waals surface area contributed by atoms with Gasteiger partial charge < -0.3 is 9.64 Å². The molecule has 1 aromatic carbocycles. The summed E-state index contributed by atoms with van der Waals surface area (Å²) in [6, 6.07) is 5.74. The van der Waals surface area contributed by atoms with Gasteiger partial charge in [0.25, 0.3) is 5.91 Å². The average molecular weight is 388 g/mol. The maximum Gasteiger partial charge on any atom is 0.278 e. The van der Waals surface area contributed by atoms with Crippen molar-refractivity contribution in [3.8, 4) is 5.75 Å². The highest BCUT2D eigenvalue weighted by atomic mass is 32.1. The molecule has 0 bridgehead atoms. The summed E-state index contributed by atoms with van der Waals surface area (Å²) in [6.07, 6.45) is 0. The van der Waals surface area contributed by atoms with Crippen LogP contribution in [0, 0.1) is 13.8 Å². The number of fused-ring (bicyclic) bond motifs is 1. The Hall–Kier alpha value is -2.45. The minimum atomic E-state index is -0.101. The number of benzene rings is 1. The van der Waals surface area contributed by atoms with Gasteiger partial charge in [-0.05, 0) is 45.6 Å². The molecule has 0 fully saturated rings. The molecule has 1 amide bonds. The van der Waals surface area contributed by atoms with Crippen molar-refractivity contribution in [2.24, 2.45) is 7.05 Å². The monoisotopic (exact) mass is 387 g/mol. The molecule has 144 valence electrons. The standard InChI is InChI=1S/C19H25N5O2S/c1-12-7-8-15(26-6)16-17(12)27-19(20-16)24(10-9-22(3)4)18(25)14-11-13(2)21-23(14)5/h7-8,11H,9-10H2,1-6H3. The molecule has 7 nitrogen and oxygen atoms in total. The number of carbonyl (C=O) groups excluding carboxylic acids is 1. The summed E-state index contributed by atoms with van der Waals surface area (Å²) >= 11 is 1.51. The van der Waals surface area contributed by atoms with Crippen molar-refractivity contribution in [2.45, 2.75) is 13.8 Å². The summed E-state index contributed by atoms with van der Waals surface area (Å²) in [5, 5.41) is 4.98. The maximum atomic E-state index is 13.3. The first-order valence-corrected chi connectivity index (χ1v) is 9.55. The number of thiazole rings is 1. The highest BCUT2D eigenvalue weighted by Gasteiger charge is 2.25. The van der Waals surface area contributed by atoms with Crippen molar-refractivity contribution in [3.05, 3.63) is 35.2 Å². The number of carbonyl (C=O) groups is 1. The van der Waals surface area contributed by atoms with E-state index in [1.807, 2.05) is 51.0 Å². The van der Waals surface area contributed by atoms with Crippen molar-refractivity contribution < 1.29 is 9.53 Å². The molecule has 0 saturated heterocycles. The number of aromatic nitrogens is 3. The molecule has 2 heterocycles. The first-order valence-electron chi connectivity index (χ1n) is 8.73. The highest BCUT2D eigenvalue weighted by molar-refractivity contribution is 7.22. The zero-order valence-electron chi connectivity index (χ0n) is 16.6. The second kappa shape index (κ2) is 7.66. The van der Waals surface area contributed by atoms with Gasteiger partial charge in [-0.1, -0.05) is 17.4 Å². The molecule has 0 aliphatic heterocycles. The maximum absolute atomic E-state index is 13.3. The van der Waals surface area contributed by atoms with Crippen molar-refractivity contribution in [3.63, 3.8) is 0 Å². The van der Waals surface area contributed by atoms with E-state index >= 15 is 0 Å². The third-order valence-electron chi connectivity index (χ3n) is 4.38. The lowest BCUT2D eigenvalue weighted by Gasteiger charge is -2.21. The second-order valence-electron chi connectivity index (χ2n) is 6.81.